The zero-order valence-electron chi connectivity index (χ0n) is 17.4. The van der Waals surface area contributed by atoms with Crippen LogP contribution in [-0.4, -0.2) is 12.7 Å². The highest BCUT2D eigenvalue weighted by atomic mass is 16.5. The predicted molar refractivity (Wildman–Crippen MR) is 110 cm³/mol. The van der Waals surface area contributed by atoms with E-state index < -0.39 is 0 Å². The number of ether oxygens (including phenoxy) is 1. The Morgan fingerprint density at radius 2 is 0.875 bits per heavy atom. The first kappa shape index (κ1) is 24.0. The van der Waals surface area contributed by atoms with E-state index in [1.54, 1.807) is 0 Å². The van der Waals surface area contributed by atoms with Crippen molar-refractivity contribution in [1.82, 2.24) is 0 Å². The normalized spacial score (nSPS) is 12.6. The molecule has 0 spiro atoms. The van der Waals surface area contributed by atoms with Gasteiger partial charge in [0.05, 0.1) is 6.10 Å². The van der Waals surface area contributed by atoms with Gasteiger partial charge in [-0.2, -0.15) is 0 Å². The van der Waals surface area contributed by atoms with Gasteiger partial charge in [0.25, 0.3) is 0 Å². The average Bonchev–Trinajstić information content (AvgIpc) is 2.60. The predicted octanol–water partition coefficient (Wildman–Crippen LogP) is 8.45. The molecule has 0 aliphatic rings. The van der Waals surface area contributed by atoms with Gasteiger partial charge in [0.15, 0.2) is 0 Å². The number of hydrogen-bond donors (Lipinski definition) is 0. The van der Waals surface area contributed by atoms with Gasteiger partial charge in [0.1, 0.15) is 0 Å². The molecule has 0 heterocycles. The minimum Gasteiger partial charge on any atom is -0.379 e. The first-order valence-electron chi connectivity index (χ1n) is 11.5. The molecule has 0 aromatic rings. The molecule has 0 rings (SSSR count). The maximum Gasteiger partial charge on any atom is 0.0572 e. The van der Waals surface area contributed by atoms with Crippen LogP contribution in [0, 0.1) is 0 Å². The fourth-order valence-electron chi connectivity index (χ4n) is 3.56. The van der Waals surface area contributed by atoms with E-state index in [-0.39, 0.29) is 0 Å². The van der Waals surface area contributed by atoms with Crippen molar-refractivity contribution in [3.05, 3.63) is 0 Å². The zero-order valence-corrected chi connectivity index (χ0v) is 17.4. The lowest BCUT2D eigenvalue weighted by Crippen LogP contribution is -2.11. The lowest BCUT2D eigenvalue weighted by Gasteiger charge is -2.14. The van der Waals surface area contributed by atoms with Gasteiger partial charge in [-0.25, -0.2) is 0 Å². The quantitative estimate of drug-likeness (QED) is 0.202. The second-order valence-corrected chi connectivity index (χ2v) is 7.58. The maximum atomic E-state index is 5.72. The molecule has 0 aliphatic heterocycles. The van der Waals surface area contributed by atoms with Crippen LogP contribution in [0.2, 0.25) is 0 Å². The molecule has 0 aromatic carbocycles. The highest BCUT2D eigenvalue weighted by Gasteiger charge is 2.04. The van der Waals surface area contributed by atoms with Crippen molar-refractivity contribution in [1.29, 1.82) is 0 Å². The first-order chi connectivity index (χ1) is 11.8. The second-order valence-electron chi connectivity index (χ2n) is 7.58. The van der Waals surface area contributed by atoms with E-state index in [0.29, 0.717) is 6.10 Å². The number of hydrogen-bond acceptors (Lipinski definition) is 1. The Labute approximate surface area is 154 Å². The van der Waals surface area contributed by atoms with Crippen LogP contribution in [0.15, 0.2) is 0 Å². The Bertz CT molecular complexity index is 214. The summed E-state index contributed by atoms with van der Waals surface area (Å²) in [7, 11) is 0. The first-order valence-corrected chi connectivity index (χ1v) is 11.5. The molecule has 1 atom stereocenters. The highest BCUT2D eigenvalue weighted by molar-refractivity contribution is 4.56. The summed E-state index contributed by atoms with van der Waals surface area (Å²) in [5, 5.41) is 0. The van der Waals surface area contributed by atoms with E-state index in [1.807, 2.05) is 0 Å². The second kappa shape index (κ2) is 21.0. The molecule has 1 heteroatoms. The SMILES string of the molecule is CCCCCCCCCCCCCCCCCCC(CC)OCC. The third kappa shape index (κ3) is 18.3. The molecule has 0 aromatic heterocycles. The van der Waals surface area contributed by atoms with E-state index in [4.69, 9.17) is 4.74 Å². The van der Waals surface area contributed by atoms with E-state index in [0.717, 1.165) is 6.61 Å². The van der Waals surface area contributed by atoms with Crippen molar-refractivity contribution in [3.8, 4) is 0 Å². The summed E-state index contributed by atoms with van der Waals surface area (Å²) in [6, 6.07) is 0. The van der Waals surface area contributed by atoms with Gasteiger partial charge in [0, 0.05) is 6.61 Å². The van der Waals surface area contributed by atoms with Crippen molar-refractivity contribution < 1.29 is 4.74 Å². The molecule has 1 unspecified atom stereocenters. The minimum atomic E-state index is 0.515. The molecule has 146 valence electrons. The Kier molecular flexibility index (Phi) is 21.0. The van der Waals surface area contributed by atoms with Crippen LogP contribution in [0.3, 0.4) is 0 Å². The van der Waals surface area contributed by atoms with Crippen LogP contribution in [-0.2, 0) is 4.74 Å². The van der Waals surface area contributed by atoms with Gasteiger partial charge in [-0.1, -0.05) is 117 Å². The average molecular weight is 341 g/mol. The van der Waals surface area contributed by atoms with E-state index in [1.165, 1.54) is 116 Å². The molecule has 0 amide bonds. The van der Waals surface area contributed by atoms with E-state index in [9.17, 15) is 0 Å². The number of rotatable bonds is 20. The Morgan fingerprint density at radius 3 is 1.21 bits per heavy atom. The van der Waals surface area contributed by atoms with Crippen molar-refractivity contribution in [3.63, 3.8) is 0 Å². The summed E-state index contributed by atoms with van der Waals surface area (Å²) in [6.07, 6.45) is 26.1. The van der Waals surface area contributed by atoms with Gasteiger partial charge >= 0.3 is 0 Å². The summed E-state index contributed by atoms with van der Waals surface area (Å²) in [5.74, 6) is 0. The van der Waals surface area contributed by atoms with Crippen molar-refractivity contribution in [2.45, 2.75) is 142 Å². The van der Waals surface area contributed by atoms with Crippen LogP contribution in [0.5, 0.6) is 0 Å². The summed E-state index contributed by atoms with van der Waals surface area (Å²) < 4.78 is 5.72. The fraction of sp³-hybridized carbons (Fsp3) is 1.00. The van der Waals surface area contributed by atoms with Crippen LogP contribution in [0.1, 0.15) is 136 Å². The Balaban J connectivity index is 3.07. The monoisotopic (exact) mass is 340 g/mol. The van der Waals surface area contributed by atoms with E-state index in [2.05, 4.69) is 20.8 Å². The molecule has 0 saturated carbocycles. The molecule has 0 aliphatic carbocycles. The third-order valence-corrected chi connectivity index (χ3v) is 5.24. The van der Waals surface area contributed by atoms with Crippen molar-refractivity contribution in [2.24, 2.45) is 0 Å². The summed E-state index contributed by atoms with van der Waals surface area (Å²) in [5.41, 5.74) is 0. The minimum absolute atomic E-state index is 0.515. The molecular formula is C23H48O. The van der Waals surface area contributed by atoms with Crippen LogP contribution < -0.4 is 0 Å². The van der Waals surface area contributed by atoms with Crippen molar-refractivity contribution in [2.75, 3.05) is 6.61 Å². The number of unbranched alkanes of at least 4 members (excludes halogenated alkanes) is 15. The van der Waals surface area contributed by atoms with E-state index >= 15 is 0 Å². The smallest absolute Gasteiger partial charge is 0.0572 e. The molecule has 0 fully saturated rings. The molecule has 0 saturated heterocycles. The summed E-state index contributed by atoms with van der Waals surface area (Å²) in [4.78, 5) is 0. The molecule has 1 nitrogen and oxygen atoms in total. The lowest BCUT2D eigenvalue weighted by molar-refractivity contribution is 0.0523. The summed E-state index contributed by atoms with van der Waals surface area (Å²) in [6.45, 7) is 7.52. The molecule has 0 N–H and O–H groups in total. The third-order valence-electron chi connectivity index (χ3n) is 5.24. The Morgan fingerprint density at radius 1 is 0.500 bits per heavy atom. The molecular weight excluding hydrogens is 292 g/mol. The van der Waals surface area contributed by atoms with Gasteiger partial charge in [0.2, 0.25) is 0 Å². The highest BCUT2D eigenvalue weighted by Crippen LogP contribution is 2.15. The van der Waals surface area contributed by atoms with Crippen LogP contribution in [0.4, 0.5) is 0 Å². The van der Waals surface area contributed by atoms with Gasteiger partial charge in [-0.3, -0.25) is 0 Å². The molecule has 0 bridgehead atoms. The van der Waals surface area contributed by atoms with Crippen LogP contribution >= 0.6 is 0 Å². The zero-order chi connectivity index (χ0) is 17.7. The van der Waals surface area contributed by atoms with Gasteiger partial charge < -0.3 is 4.74 Å². The van der Waals surface area contributed by atoms with Crippen molar-refractivity contribution >= 4 is 0 Å². The largest absolute Gasteiger partial charge is 0.379 e. The summed E-state index contributed by atoms with van der Waals surface area (Å²) >= 11 is 0. The fourth-order valence-corrected chi connectivity index (χ4v) is 3.56. The standard InChI is InChI=1S/C23H48O/c1-4-7-8-9-10-11-12-13-14-15-16-17-18-19-20-21-22-23(5-2)24-6-3/h23H,4-22H2,1-3H3. The van der Waals surface area contributed by atoms with Gasteiger partial charge in [-0.15, -0.1) is 0 Å². The van der Waals surface area contributed by atoms with Gasteiger partial charge in [-0.05, 0) is 19.8 Å². The Hall–Kier alpha value is -0.0400. The maximum absolute atomic E-state index is 5.72. The van der Waals surface area contributed by atoms with Crippen LogP contribution in [0.25, 0.3) is 0 Å². The molecule has 24 heavy (non-hydrogen) atoms. The molecule has 0 radical (unpaired) electrons. The lowest BCUT2D eigenvalue weighted by atomic mass is 10.0. The topological polar surface area (TPSA) is 9.23 Å².